The molecule has 0 aliphatic carbocycles. The van der Waals surface area contributed by atoms with E-state index in [-0.39, 0.29) is 11.9 Å². The quantitative estimate of drug-likeness (QED) is 0.880. The summed E-state index contributed by atoms with van der Waals surface area (Å²) in [5, 5.41) is 7.60. The number of aryl methyl sites for hydroxylation is 1. The van der Waals surface area contributed by atoms with Crippen molar-refractivity contribution >= 4 is 0 Å². The minimum atomic E-state index is -0.209. The second kappa shape index (κ2) is 5.78. The summed E-state index contributed by atoms with van der Waals surface area (Å²) in [5.41, 5.74) is 1.98. The van der Waals surface area contributed by atoms with Crippen molar-refractivity contribution in [3.8, 4) is 0 Å². The summed E-state index contributed by atoms with van der Waals surface area (Å²) in [6.07, 6.45) is 4.81. The number of benzene rings is 1. The molecule has 2 rings (SSSR count). The van der Waals surface area contributed by atoms with Gasteiger partial charge in [-0.3, -0.25) is 4.68 Å². The van der Waals surface area contributed by atoms with Gasteiger partial charge in [0.05, 0.1) is 12.2 Å². The Balaban J connectivity index is 2.30. The summed E-state index contributed by atoms with van der Waals surface area (Å²) in [6, 6.07) is 6.70. The molecule has 1 unspecified atom stereocenters. The Kier molecular flexibility index (Phi) is 4.10. The van der Waals surface area contributed by atoms with Gasteiger partial charge in [-0.15, -0.1) is 0 Å². The molecule has 1 aromatic heterocycles. The van der Waals surface area contributed by atoms with Crippen LogP contribution in [-0.2, 0) is 7.05 Å². The lowest BCUT2D eigenvalue weighted by atomic mass is 10.0. The second-order valence-electron chi connectivity index (χ2n) is 4.39. The highest BCUT2D eigenvalue weighted by atomic mass is 19.1. The van der Waals surface area contributed by atoms with Gasteiger partial charge in [0.15, 0.2) is 0 Å². The molecule has 1 aromatic carbocycles. The van der Waals surface area contributed by atoms with Crippen molar-refractivity contribution in [1.29, 1.82) is 0 Å². The van der Waals surface area contributed by atoms with Crippen molar-refractivity contribution in [2.45, 2.75) is 19.4 Å². The lowest BCUT2D eigenvalue weighted by Crippen LogP contribution is -2.23. The molecular weight excluding hydrogens is 229 g/mol. The first-order valence-corrected chi connectivity index (χ1v) is 6.18. The van der Waals surface area contributed by atoms with E-state index in [4.69, 9.17) is 0 Å². The van der Waals surface area contributed by atoms with Crippen LogP contribution in [0.3, 0.4) is 0 Å². The van der Waals surface area contributed by atoms with E-state index in [9.17, 15) is 4.39 Å². The first kappa shape index (κ1) is 12.8. The van der Waals surface area contributed by atoms with Crippen LogP contribution in [0.25, 0.3) is 0 Å². The Morgan fingerprint density at radius 3 is 2.83 bits per heavy atom. The minimum absolute atomic E-state index is 0.00523. The van der Waals surface area contributed by atoms with Gasteiger partial charge in [-0.25, -0.2) is 4.39 Å². The van der Waals surface area contributed by atoms with E-state index in [1.54, 1.807) is 16.8 Å². The predicted molar refractivity (Wildman–Crippen MR) is 69.7 cm³/mol. The fraction of sp³-hybridized carbons (Fsp3) is 0.357. The fourth-order valence-electron chi connectivity index (χ4n) is 1.99. The van der Waals surface area contributed by atoms with Crippen molar-refractivity contribution in [3.63, 3.8) is 0 Å². The zero-order valence-corrected chi connectivity index (χ0v) is 10.7. The molecule has 1 N–H and O–H groups in total. The van der Waals surface area contributed by atoms with Crippen LogP contribution in [0.2, 0.25) is 0 Å². The average Bonchev–Trinajstić information content (AvgIpc) is 2.76. The Labute approximate surface area is 107 Å². The van der Waals surface area contributed by atoms with Gasteiger partial charge < -0.3 is 5.32 Å². The highest BCUT2D eigenvalue weighted by molar-refractivity contribution is 5.29. The number of rotatable bonds is 5. The smallest absolute Gasteiger partial charge is 0.123 e. The maximum absolute atomic E-state index is 13.3. The van der Waals surface area contributed by atoms with E-state index < -0.39 is 0 Å². The number of hydrogen-bond donors (Lipinski definition) is 1. The van der Waals surface area contributed by atoms with E-state index in [2.05, 4.69) is 17.3 Å². The van der Waals surface area contributed by atoms with E-state index in [0.29, 0.717) is 0 Å². The monoisotopic (exact) mass is 247 g/mol. The molecular formula is C14H18FN3. The van der Waals surface area contributed by atoms with Crippen LogP contribution in [0.15, 0.2) is 36.7 Å². The van der Waals surface area contributed by atoms with Gasteiger partial charge in [0.25, 0.3) is 0 Å². The molecule has 96 valence electrons. The molecule has 2 aromatic rings. The summed E-state index contributed by atoms with van der Waals surface area (Å²) in [4.78, 5) is 0. The van der Waals surface area contributed by atoms with E-state index in [1.807, 2.05) is 25.5 Å². The van der Waals surface area contributed by atoms with Crippen LogP contribution in [-0.4, -0.2) is 16.3 Å². The summed E-state index contributed by atoms with van der Waals surface area (Å²) >= 11 is 0. The fourth-order valence-corrected chi connectivity index (χ4v) is 1.99. The highest BCUT2D eigenvalue weighted by Gasteiger charge is 2.15. The zero-order valence-electron chi connectivity index (χ0n) is 10.7. The number of hydrogen-bond acceptors (Lipinski definition) is 2. The molecule has 0 amide bonds. The minimum Gasteiger partial charge on any atom is -0.306 e. The summed E-state index contributed by atoms with van der Waals surface area (Å²) in [5.74, 6) is -0.209. The molecule has 0 spiro atoms. The standard InChI is InChI=1S/C14H18FN3/c1-3-7-16-14(12-9-17-18(2)10-12)11-5-4-6-13(15)8-11/h4-6,8-10,14,16H,3,7H2,1-2H3. The van der Waals surface area contributed by atoms with Crippen molar-refractivity contribution in [2.24, 2.45) is 7.05 Å². The van der Waals surface area contributed by atoms with Crippen molar-refractivity contribution in [3.05, 3.63) is 53.6 Å². The SMILES string of the molecule is CCCNC(c1cccc(F)c1)c1cnn(C)c1. The lowest BCUT2D eigenvalue weighted by Gasteiger charge is -2.17. The van der Waals surface area contributed by atoms with Gasteiger partial charge in [0, 0.05) is 18.8 Å². The topological polar surface area (TPSA) is 29.9 Å². The first-order valence-electron chi connectivity index (χ1n) is 6.18. The molecule has 3 nitrogen and oxygen atoms in total. The van der Waals surface area contributed by atoms with Crippen LogP contribution in [0.5, 0.6) is 0 Å². The second-order valence-corrected chi connectivity index (χ2v) is 4.39. The van der Waals surface area contributed by atoms with Crippen LogP contribution in [0.1, 0.15) is 30.5 Å². The molecule has 0 aliphatic rings. The number of nitrogens with one attached hydrogen (secondary N) is 1. The number of halogens is 1. The summed E-state index contributed by atoms with van der Waals surface area (Å²) < 4.78 is 15.1. The molecule has 0 saturated carbocycles. The van der Waals surface area contributed by atoms with Crippen LogP contribution < -0.4 is 5.32 Å². The number of nitrogens with zero attached hydrogens (tertiary/aromatic N) is 2. The molecule has 0 aliphatic heterocycles. The maximum Gasteiger partial charge on any atom is 0.123 e. The third kappa shape index (κ3) is 2.96. The molecule has 0 radical (unpaired) electrons. The molecule has 0 fully saturated rings. The first-order chi connectivity index (χ1) is 8.70. The molecule has 4 heteroatoms. The Hall–Kier alpha value is -1.68. The van der Waals surface area contributed by atoms with Gasteiger partial charge in [-0.2, -0.15) is 5.10 Å². The molecule has 0 saturated heterocycles. The largest absolute Gasteiger partial charge is 0.306 e. The van der Waals surface area contributed by atoms with E-state index in [0.717, 1.165) is 24.1 Å². The predicted octanol–water partition coefficient (Wildman–Crippen LogP) is 2.65. The zero-order chi connectivity index (χ0) is 13.0. The third-order valence-electron chi connectivity index (χ3n) is 2.84. The van der Waals surface area contributed by atoms with Gasteiger partial charge in [-0.1, -0.05) is 19.1 Å². The maximum atomic E-state index is 13.3. The molecule has 0 bridgehead atoms. The number of aromatic nitrogens is 2. The van der Waals surface area contributed by atoms with Crippen molar-refractivity contribution < 1.29 is 4.39 Å². The lowest BCUT2D eigenvalue weighted by molar-refractivity contribution is 0.585. The van der Waals surface area contributed by atoms with Gasteiger partial charge in [0.1, 0.15) is 5.82 Å². The van der Waals surface area contributed by atoms with Crippen LogP contribution in [0.4, 0.5) is 4.39 Å². The summed E-state index contributed by atoms with van der Waals surface area (Å²) in [7, 11) is 1.88. The van der Waals surface area contributed by atoms with Gasteiger partial charge in [-0.05, 0) is 30.7 Å². The van der Waals surface area contributed by atoms with Crippen LogP contribution >= 0.6 is 0 Å². The molecule has 18 heavy (non-hydrogen) atoms. The summed E-state index contributed by atoms with van der Waals surface area (Å²) in [6.45, 7) is 2.99. The average molecular weight is 247 g/mol. The third-order valence-corrected chi connectivity index (χ3v) is 2.84. The molecule has 1 heterocycles. The highest BCUT2D eigenvalue weighted by Crippen LogP contribution is 2.22. The van der Waals surface area contributed by atoms with Crippen molar-refractivity contribution in [2.75, 3.05) is 6.54 Å². The van der Waals surface area contributed by atoms with Gasteiger partial charge in [0.2, 0.25) is 0 Å². The van der Waals surface area contributed by atoms with Crippen LogP contribution in [0, 0.1) is 5.82 Å². The normalized spacial score (nSPS) is 12.6. The molecule has 1 atom stereocenters. The van der Waals surface area contributed by atoms with E-state index >= 15 is 0 Å². The Morgan fingerprint density at radius 2 is 2.22 bits per heavy atom. The Morgan fingerprint density at radius 1 is 1.39 bits per heavy atom. The van der Waals surface area contributed by atoms with E-state index in [1.165, 1.54) is 6.07 Å². The van der Waals surface area contributed by atoms with Crippen molar-refractivity contribution in [1.82, 2.24) is 15.1 Å². The van der Waals surface area contributed by atoms with Gasteiger partial charge >= 0.3 is 0 Å². The Bertz CT molecular complexity index is 507.